The Morgan fingerprint density at radius 2 is 1.88 bits per heavy atom. The number of nitrogens with zero attached hydrogens (tertiary/aromatic N) is 3. The van der Waals surface area contributed by atoms with Crippen LogP contribution in [0.1, 0.15) is 19.3 Å². The number of likely N-dealkylation sites (tertiary alicyclic amines) is 1. The zero-order chi connectivity index (χ0) is 17.5. The molecule has 0 bridgehead atoms. The molecule has 1 saturated heterocycles. The van der Waals surface area contributed by atoms with Crippen LogP contribution >= 0.6 is 0 Å². The Labute approximate surface area is 146 Å². The minimum Gasteiger partial charge on any atom is -0.466 e. The summed E-state index contributed by atoms with van der Waals surface area (Å²) in [6.45, 7) is 1.87. The lowest BCUT2D eigenvalue weighted by Gasteiger charge is -2.15. The third-order valence-electron chi connectivity index (χ3n) is 4.06. The lowest BCUT2D eigenvalue weighted by Crippen LogP contribution is -2.34. The van der Waals surface area contributed by atoms with Crippen LogP contribution in [-0.2, 0) is 9.59 Å². The minimum absolute atomic E-state index is 0.0975. The number of carbonyl (C=O) groups excluding carboxylic acids is 2. The summed E-state index contributed by atoms with van der Waals surface area (Å²) in [6, 6.07) is 11.4. The number of carbonyl (C=O) groups is 2. The monoisotopic (exact) mass is 342 g/mol. The number of nitrogens with one attached hydrogen (secondary N) is 1. The summed E-state index contributed by atoms with van der Waals surface area (Å²) in [5, 5.41) is 6.97. The van der Waals surface area contributed by atoms with Crippen molar-refractivity contribution < 1.29 is 14.3 Å². The Hall–Kier alpha value is -2.83. The van der Waals surface area contributed by atoms with Crippen molar-refractivity contribution in [3.05, 3.63) is 42.6 Å². The molecular weight excluding hydrogens is 320 g/mol. The second kappa shape index (κ2) is 8.32. The molecule has 1 N–H and O–H groups in total. The predicted octanol–water partition coefficient (Wildman–Crippen LogP) is 1.38. The summed E-state index contributed by atoms with van der Waals surface area (Å²) >= 11 is 0. The number of benzene rings is 1. The number of rotatable bonds is 7. The Morgan fingerprint density at radius 3 is 2.64 bits per heavy atom. The molecule has 132 valence electrons. The van der Waals surface area contributed by atoms with E-state index in [1.54, 1.807) is 16.9 Å². The van der Waals surface area contributed by atoms with Gasteiger partial charge in [0, 0.05) is 38.3 Å². The second-order valence-corrected chi connectivity index (χ2v) is 5.91. The fourth-order valence-corrected chi connectivity index (χ4v) is 2.73. The number of amides is 2. The summed E-state index contributed by atoms with van der Waals surface area (Å²) in [5.74, 6) is 0.218. The zero-order valence-corrected chi connectivity index (χ0v) is 14.1. The highest BCUT2D eigenvalue weighted by Crippen LogP contribution is 2.11. The Bertz CT molecular complexity index is 708. The quantitative estimate of drug-likeness (QED) is 0.825. The van der Waals surface area contributed by atoms with Gasteiger partial charge < -0.3 is 15.0 Å². The van der Waals surface area contributed by atoms with Crippen LogP contribution < -0.4 is 10.1 Å². The molecule has 7 nitrogen and oxygen atoms in total. The maximum Gasteiger partial charge on any atom is 0.258 e. The van der Waals surface area contributed by atoms with Crippen molar-refractivity contribution in [3.8, 4) is 11.6 Å². The van der Waals surface area contributed by atoms with E-state index in [-0.39, 0.29) is 18.4 Å². The van der Waals surface area contributed by atoms with Gasteiger partial charge in [-0.15, -0.1) is 5.10 Å². The van der Waals surface area contributed by atoms with Crippen LogP contribution in [0, 0.1) is 0 Å². The van der Waals surface area contributed by atoms with E-state index in [2.05, 4.69) is 10.4 Å². The number of hydrogen-bond acceptors (Lipinski definition) is 4. The highest BCUT2D eigenvalue weighted by molar-refractivity contribution is 5.80. The number of hydrogen-bond donors (Lipinski definition) is 1. The van der Waals surface area contributed by atoms with Gasteiger partial charge in [-0.2, -0.15) is 0 Å². The molecule has 2 aromatic rings. The highest BCUT2D eigenvalue weighted by Gasteiger charge is 2.17. The summed E-state index contributed by atoms with van der Waals surface area (Å²) in [5.41, 5.74) is 0.919. The van der Waals surface area contributed by atoms with Gasteiger partial charge in [0.2, 0.25) is 11.8 Å². The van der Waals surface area contributed by atoms with E-state index in [4.69, 9.17) is 4.74 Å². The van der Waals surface area contributed by atoms with E-state index in [0.29, 0.717) is 18.8 Å². The van der Waals surface area contributed by atoms with Gasteiger partial charge in [-0.05, 0) is 25.0 Å². The van der Waals surface area contributed by atoms with Crippen molar-refractivity contribution >= 4 is 11.8 Å². The van der Waals surface area contributed by atoms with Crippen molar-refractivity contribution in [3.63, 3.8) is 0 Å². The first kappa shape index (κ1) is 17.0. The van der Waals surface area contributed by atoms with Crippen LogP contribution in [0.2, 0.25) is 0 Å². The van der Waals surface area contributed by atoms with Crippen LogP contribution in [0.3, 0.4) is 0 Å². The van der Waals surface area contributed by atoms with E-state index in [0.717, 1.165) is 31.6 Å². The van der Waals surface area contributed by atoms with Gasteiger partial charge in [-0.25, -0.2) is 4.68 Å². The van der Waals surface area contributed by atoms with E-state index in [1.807, 2.05) is 35.2 Å². The number of aromatic nitrogens is 2. The van der Waals surface area contributed by atoms with Crippen molar-refractivity contribution in [1.29, 1.82) is 0 Å². The molecule has 0 spiro atoms. The topological polar surface area (TPSA) is 76.5 Å². The smallest absolute Gasteiger partial charge is 0.258 e. The van der Waals surface area contributed by atoms with Crippen molar-refractivity contribution in [2.75, 3.05) is 26.2 Å². The average Bonchev–Trinajstić information content (AvgIpc) is 3.32. The third kappa shape index (κ3) is 4.82. The van der Waals surface area contributed by atoms with Gasteiger partial charge in [0.05, 0.1) is 5.69 Å². The van der Waals surface area contributed by atoms with Crippen molar-refractivity contribution in [2.45, 2.75) is 19.3 Å². The molecule has 0 aliphatic carbocycles. The molecule has 0 saturated carbocycles. The van der Waals surface area contributed by atoms with E-state index < -0.39 is 0 Å². The summed E-state index contributed by atoms with van der Waals surface area (Å²) in [4.78, 5) is 25.5. The summed E-state index contributed by atoms with van der Waals surface area (Å²) < 4.78 is 7.07. The van der Waals surface area contributed by atoms with E-state index >= 15 is 0 Å². The molecule has 1 aliphatic heterocycles. The molecule has 0 atom stereocenters. The van der Waals surface area contributed by atoms with Gasteiger partial charge in [0.25, 0.3) is 5.91 Å². The largest absolute Gasteiger partial charge is 0.466 e. The minimum atomic E-state index is -0.261. The van der Waals surface area contributed by atoms with Gasteiger partial charge >= 0.3 is 0 Å². The lowest BCUT2D eigenvalue weighted by molar-refractivity contribution is -0.130. The van der Waals surface area contributed by atoms with Gasteiger partial charge in [-0.1, -0.05) is 18.2 Å². The fourth-order valence-electron chi connectivity index (χ4n) is 2.73. The molecule has 1 fully saturated rings. The Kier molecular flexibility index (Phi) is 5.66. The van der Waals surface area contributed by atoms with Crippen LogP contribution in [0.4, 0.5) is 0 Å². The molecular formula is C18H22N4O3. The van der Waals surface area contributed by atoms with Gasteiger partial charge in [0.15, 0.2) is 6.61 Å². The predicted molar refractivity (Wildman–Crippen MR) is 92.5 cm³/mol. The molecule has 3 rings (SSSR count). The third-order valence-corrected chi connectivity index (χ3v) is 4.06. The first-order chi connectivity index (χ1) is 12.2. The summed E-state index contributed by atoms with van der Waals surface area (Å²) in [7, 11) is 0. The Morgan fingerprint density at radius 1 is 1.12 bits per heavy atom. The number of ether oxygens (including phenoxy) is 1. The van der Waals surface area contributed by atoms with E-state index in [9.17, 15) is 9.59 Å². The average molecular weight is 342 g/mol. The molecule has 1 aromatic carbocycles. The van der Waals surface area contributed by atoms with Crippen LogP contribution in [-0.4, -0.2) is 52.7 Å². The zero-order valence-electron chi connectivity index (χ0n) is 14.1. The fraction of sp³-hybridized carbons (Fsp3) is 0.389. The molecule has 1 aromatic heterocycles. The summed E-state index contributed by atoms with van der Waals surface area (Å²) in [6.07, 6.45) is 4.24. The number of para-hydroxylation sites is 1. The van der Waals surface area contributed by atoms with Crippen molar-refractivity contribution in [1.82, 2.24) is 20.0 Å². The molecule has 0 radical (unpaired) electrons. The second-order valence-electron chi connectivity index (χ2n) is 5.91. The molecule has 2 heterocycles. The first-order valence-corrected chi connectivity index (χ1v) is 8.51. The Balaban J connectivity index is 1.37. The standard InChI is InChI=1S/C18H22N4O3/c23-16(19-10-8-18(24)21-11-4-5-12-21)14-25-17-9-13-22(20-17)15-6-2-1-3-7-15/h1-3,6-7,9,13H,4-5,8,10-12,14H2,(H,19,23). The molecule has 0 unspecified atom stereocenters. The molecule has 25 heavy (non-hydrogen) atoms. The normalized spacial score (nSPS) is 13.7. The van der Waals surface area contributed by atoms with Crippen molar-refractivity contribution in [2.24, 2.45) is 0 Å². The van der Waals surface area contributed by atoms with Crippen LogP contribution in [0.15, 0.2) is 42.6 Å². The highest BCUT2D eigenvalue weighted by atomic mass is 16.5. The molecule has 1 aliphatic rings. The maximum atomic E-state index is 11.9. The van der Waals surface area contributed by atoms with Gasteiger partial charge in [-0.3, -0.25) is 9.59 Å². The van der Waals surface area contributed by atoms with Crippen LogP contribution in [0.25, 0.3) is 5.69 Å². The molecule has 7 heteroatoms. The lowest BCUT2D eigenvalue weighted by atomic mass is 10.3. The SMILES string of the molecule is O=C(COc1ccn(-c2ccccc2)n1)NCCC(=O)N1CCCC1. The van der Waals surface area contributed by atoms with E-state index in [1.165, 1.54) is 0 Å². The van der Waals surface area contributed by atoms with Gasteiger partial charge in [0.1, 0.15) is 0 Å². The van der Waals surface area contributed by atoms with Crippen LogP contribution in [0.5, 0.6) is 5.88 Å². The first-order valence-electron chi connectivity index (χ1n) is 8.51. The maximum absolute atomic E-state index is 11.9. The molecule has 2 amide bonds.